The predicted molar refractivity (Wildman–Crippen MR) is 58.8 cm³/mol. The lowest BCUT2D eigenvalue weighted by molar-refractivity contribution is 0.386. The van der Waals surface area contributed by atoms with Gasteiger partial charge in [0.15, 0.2) is 0 Å². The molecule has 3 heteroatoms. The third-order valence-corrected chi connectivity index (χ3v) is 2.20. The first kappa shape index (κ1) is 9.52. The molecule has 2 rings (SSSR count). The molecule has 0 aliphatic rings. The highest BCUT2D eigenvalue weighted by Crippen LogP contribution is 2.02. The van der Waals surface area contributed by atoms with Gasteiger partial charge in [-0.25, -0.2) is 9.95 Å². The minimum absolute atomic E-state index is 0.388. The van der Waals surface area contributed by atoms with Gasteiger partial charge in [0.1, 0.15) is 0 Å². The minimum Gasteiger partial charge on any atom is -0.338 e. The number of H-pyrrole nitrogens is 1. The summed E-state index contributed by atoms with van der Waals surface area (Å²) in [5.41, 5.74) is 1.75. The Kier molecular flexibility index (Phi) is 2.29. The van der Waals surface area contributed by atoms with Gasteiger partial charge in [0.2, 0.25) is 0 Å². The summed E-state index contributed by atoms with van der Waals surface area (Å²) in [4.78, 5) is 11.2. The second-order valence-corrected chi connectivity index (χ2v) is 3.44. The van der Waals surface area contributed by atoms with E-state index in [2.05, 4.69) is 16.3 Å². The summed E-state index contributed by atoms with van der Waals surface area (Å²) in [6.07, 6.45) is 1.75. The van der Waals surface area contributed by atoms with Gasteiger partial charge in [-0.3, -0.25) is 0 Å². The van der Waals surface area contributed by atoms with E-state index in [0.29, 0.717) is 10.6 Å². The van der Waals surface area contributed by atoms with Crippen LogP contribution in [-0.4, -0.2) is 5.16 Å². The molecule has 76 valence electrons. The maximum atomic E-state index is 11.2. The first-order valence-electron chi connectivity index (χ1n) is 4.61. The Morgan fingerprint density at radius 3 is 2.53 bits per heavy atom. The van der Waals surface area contributed by atoms with Gasteiger partial charge in [-0.15, -0.1) is 0 Å². The molecule has 0 bridgehead atoms. The van der Waals surface area contributed by atoms with E-state index in [9.17, 15) is 4.79 Å². The highest BCUT2D eigenvalue weighted by molar-refractivity contribution is 5.49. The standard InChI is InChI=1S/C12H11NO2/c1-8-3-5-10(6-4-8)7-11-9(2)13-15-12(11)14/h3-7,13H,2H2,1H3/b11-7-. The molecular weight excluding hydrogens is 190 g/mol. The molecule has 0 saturated heterocycles. The first-order chi connectivity index (χ1) is 7.16. The van der Waals surface area contributed by atoms with Crippen molar-refractivity contribution in [1.29, 1.82) is 0 Å². The van der Waals surface area contributed by atoms with Crippen molar-refractivity contribution in [2.75, 3.05) is 0 Å². The normalized spacial score (nSPS) is 11.9. The Bertz CT molecular complexity index is 586. The van der Waals surface area contributed by atoms with Crippen molar-refractivity contribution in [3.8, 4) is 0 Å². The number of rotatable bonds is 1. The number of nitrogens with one attached hydrogen (secondary N) is 1. The maximum Gasteiger partial charge on any atom is 0.365 e. The molecule has 1 aromatic carbocycles. The number of hydrogen-bond acceptors (Lipinski definition) is 2. The van der Waals surface area contributed by atoms with Crippen molar-refractivity contribution in [2.24, 2.45) is 0 Å². The van der Waals surface area contributed by atoms with Crippen molar-refractivity contribution in [2.45, 2.75) is 6.92 Å². The number of aryl methyl sites for hydroxylation is 1. The zero-order valence-electron chi connectivity index (χ0n) is 8.41. The van der Waals surface area contributed by atoms with Gasteiger partial charge in [-0.05, 0) is 18.6 Å². The molecule has 1 N–H and O–H groups in total. The van der Waals surface area contributed by atoms with E-state index in [-0.39, 0.29) is 5.63 Å². The third-order valence-electron chi connectivity index (χ3n) is 2.20. The Labute approximate surface area is 86.3 Å². The van der Waals surface area contributed by atoms with Crippen LogP contribution in [0, 0.1) is 6.92 Å². The second-order valence-electron chi connectivity index (χ2n) is 3.44. The molecule has 0 spiro atoms. The van der Waals surface area contributed by atoms with Crippen molar-refractivity contribution in [3.63, 3.8) is 0 Å². The average molecular weight is 201 g/mol. The van der Waals surface area contributed by atoms with Crippen LogP contribution in [0.15, 0.2) is 33.6 Å². The van der Waals surface area contributed by atoms with Gasteiger partial charge in [-0.2, -0.15) is 0 Å². The van der Waals surface area contributed by atoms with Crippen molar-refractivity contribution in [3.05, 3.63) is 56.4 Å². The van der Waals surface area contributed by atoms with Gasteiger partial charge in [0.05, 0.1) is 10.6 Å². The van der Waals surface area contributed by atoms with Gasteiger partial charge in [0, 0.05) is 0 Å². The summed E-state index contributed by atoms with van der Waals surface area (Å²) in [6, 6.07) is 7.87. The second kappa shape index (κ2) is 3.61. The largest absolute Gasteiger partial charge is 0.365 e. The van der Waals surface area contributed by atoms with Gasteiger partial charge >= 0.3 is 5.63 Å². The van der Waals surface area contributed by atoms with Crippen molar-refractivity contribution < 1.29 is 4.52 Å². The molecule has 1 heterocycles. The highest BCUT2D eigenvalue weighted by Gasteiger charge is 1.95. The molecule has 3 nitrogen and oxygen atoms in total. The molecule has 0 atom stereocenters. The Hall–Kier alpha value is -2.03. The lowest BCUT2D eigenvalue weighted by Crippen LogP contribution is -2.31. The van der Waals surface area contributed by atoms with Crippen LogP contribution in [0.3, 0.4) is 0 Å². The topological polar surface area (TPSA) is 46.0 Å². The van der Waals surface area contributed by atoms with Gasteiger partial charge < -0.3 is 4.52 Å². The molecule has 1 aromatic heterocycles. The maximum absolute atomic E-state index is 11.2. The number of hydrogen-bond donors (Lipinski definition) is 1. The number of aromatic nitrogens is 1. The molecular formula is C12H11NO2. The van der Waals surface area contributed by atoms with E-state index in [1.165, 1.54) is 5.56 Å². The monoisotopic (exact) mass is 201 g/mol. The van der Waals surface area contributed by atoms with E-state index in [1.54, 1.807) is 6.08 Å². The Morgan fingerprint density at radius 1 is 1.33 bits per heavy atom. The Balaban J connectivity index is 2.61. The van der Waals surface area contributed by atoms with E-state index in [0.717, 1.165) is 5.56 Å². The molecule has 15 heavy (non-hydrogen) atoms. The van der Waals surface area contributed by atoms with Crippen LogP contribution in [0.1, 0.15) is 11.1 Å². The lowest BCUT2D eigenvalue weighted by Gasteiger charge is -1.92. The molecule has 0 saturated carbocycles. The number of aromatic amines is 1. The quantitative estimate of drug-likeness (QED) is 0.731. The molecule has 0 aliphatic carbocycles. The zero-order chi connectivity index (χ0) is 10.8. The number of benzene rings is 1. The third kappa shape index (κ3) is 1.91. The SMILES string of the molecule is C=c1[nH]oc(=O)/c1=C\c1ccc(C)cc1. The van der Waals surface area contributed by atoms with Crippen molar-refractivity contribution >= 4 is 12.7 Å². The molecule has 0 amide bonds. The van der Waals surface area contributed by atoms with Crippen LogP contribution >= 0.6 is 0 Å². The summed E-state index contributed by atoms with van der Waals surface area (Å²) in [5.74, 6) is 0. The fourth-order valence-corrected chi connectivity index (χ4v) is 1.32. The molecule has 0 radical (unpaired) electrons. The molecule has 0 aliphatic heterocycles. The van der Waals surface area contributed by atoms with Crippen LogP contribution in [-0.2, 0) is 0 Å². The molecule has 2 aromatic rings. The van der Waals surface area contributed by atoms with Crippen LogP contribution in [0.5, 0.6) is 0 Å². The van der Waals surface area contributed by atoms with E-state index in [4.69, 9.17) is 0 Å². The summed E-state index contributed by atoms with van der Waals surface area (Å²) in [6.45, 7) is 5.69. The fraction of sp³-hybridized carbons (Fsp3) is 0.0833. The summed E-state index contributed by atoms with van der Waals surface area (Å²) in [7, 11) is 0. The lowest BCUT2D eigenvalue weighted by atomic mass is 10.1. The highest BCUT2D eigenvalue weighted by atomic mass is 16.5. The van der Waals surface area contributed by atoms with E-state index < -0.39 is 0 Å². The predicted octanol–water partition coefficient (Wildman–Crippen LogP) is 0.515. The van der Waals surface area contributed by atoms with Crippen LogP contribution < -0.4 is 16.2 Å². The first-order valence-corrected chi connectivity index (χ1v) is 4.61. The van der Waals surface area contributed by atoms with Crippen LogP contribution in [0.2, 0.25) is 0 Å². The van der Waals surface area contributed by atoms with Crippen LogP contribution in [0.4, 0.5) is 0 Å². The van der Waals surface area contributed by atoms with Crippen molar-refractivity contribution in [1.82, 2.24) is 5.16 Å². The van der Waals surface area contributed by atoms with Crippen LogP contribution in [0.25, 0.3) is 12.7 Å². The smallest absolute Gasteiger partial charge is 0.338 e. The minimum atomic E-state index is -0.388. The molecule has 0 unspecified atom stereocenters. The van der Waals surface area contributed by atoms with Gasteiger partial charge in [0.25, 0.3) is 0 Å². The summed E-state index contributed by atoms with van der Waals surface area (Å²) < 4.78 is 4.62. The summed E-state index contributed by atoms with van der Waals surface area (Å²) in [5, 5.41) is 3.41. The average Bonchev–Trinajstić information content (AvgIpc) is 2.53. The van der Waals surface area contributed by atoms with Gasteiger partial charge in [-0.1, -0.05) is 36.4 Å². The van der Waals surface area contributed by atoms with E-state index >= 15 is 0 Å². The molecule has 0 fully saturated rings. The summed E-state index contributed by atoms with van der Waals surface area (Å²) >= 11 is 0. The Morgan fingerprint density at radius 2 is 2.00 bits per heavy atom. The fourth-order valence-electron chi connectivity index (χ4n) is 1.32. The zero-order valence-corrected chi connectivity index (χ0v) is 8.41. The van der Waals surface area contributed by atoms with E-state index in [1.807, 2.05) is 31.2 Å².